The van der Waals surface area contributed by atoms with E-state index in [1.807, 2.05) is 6.92 Å². The zero-order valence-electron chi connectivity index (χ0n) is 11.2. The molecule has 1 fully saturated rings. The Morgan fingerprint density at radius 3 is 2.72 bits per heavy atom. The molecule has 0 unspecified atom stereocenters. The molecule has 5 heteroatoms. The van der Waals surface area contributed by atoms with Crippen molar-refractivity contribution in [1.29, 1.82) is 0 Å². The molecule has 0 amide bonds. The van der Waals surface area contributed by atoms with E-state index >= 15 is 0 Å². The highest BCUT2D eigenvalue weighted by Crippen LogP contribution is 2.31. The van der Waals surface area contributed by atoms with Gasteiger partial charge in [0.25, 0.3) is 0 Å². The fourth-order valence-corrected chi connectivity index (χ4v) is 2.54. The normalized spacial score (nSPS) is 16.6. The number of aromatic nitrogens is 2. The SMILES string of the molecule is CCOc1ncnc(N(C)C2CCCCC2)c1N. The third-order valence-corrected chi connectivity index (χ3v) is 3.56. The molecule has 18 heavy (non-hydrogen) atoms. The highest BCUT2D eigenvalue weighted by atomic mass is 16.5. The molecule has 0 radical (unpaired) electrons. The maximum atomic E-state index is 6.09. The molecule has 0 aliphatic heterocycles. The maximum absolute atomic E-state index is 6.09. The van der Waals surface area contributed by atoms with Crippen molar-refractivity contribution in [2.24, 2.45) is 0 Å². The van der Waals surface area contributed by atoms with E-state index in [-0.39, 0.29) is 0 Å². The van der Waals surface area contributed by atoms with Crippen molar-refractivity contribution in [1.82, 2.24) is 9.97 Å². The molecule has 2 rings (SSSR count). The summed E-state index contributed by atoms with van der Waals surface area (Å²) in [4.78, 5) is 10.6. The summed E-state index contributed by atoms with van der Waals surface area (Å²) < 4.78 is 5.41. The summed E-state index contributed by atoms with van der Waals surface area (Å²) in [5, 5.41) is 0. The van der Waals surface area contributed by atoms with Crippen molar-refractivity contribution in [3.05, 3.63) is 6.33 Å². The average molecular weight is 250 g/mol. The summed E-state index contributed by atoms with van der Waals surface area (Å²) in [5.41, 5.74) is 6.63. The Balaban J connectivity index is 2.18. The number of hydrogen-bond donors (Lipinski definition) is 1. The standard InChI is InChI=1S/C13H22N4O/c1-3-18-13-11(14)12(15-9-16-13)17(2)10-7-5-4-6-8-10/h9-10H,3-8,14H2,1-2H3. The zero-order valence-corrected chi connectivity index (χ0v) is 11.2. The molecule has 0 aromatic carbocycles. The van der Waals surface area contributed by atoms with Crippen molar-refractivity contribution in [3.8, 4) is 5.88 Å². The molecule has 0 atom stereocenters. The van der Waals surface area contributed by atoms with Crippen LogP contribution >= 0.6 is 0 Å². The largest absolute Gasteiger partial charge is 0.476 e. The van der Waals surface area contributed by atoms with Crippen LogP contribution in [-0.4, -0.2) is 29.7 Å². The Labute approximate surface area is 108 Å². The van der Waals surface area contributed by atoms with Gasteiger partial charge in [-0.3, -0.25) is 0 Å². The Morgan fingerprint density at radius 1 is 1.33 bits per heavy atom. The first kappa shape index (κ1) is 12.9. The number of ether oxygens (including phenoxy) is 1. The molecule has 1 aliphatic rings. The van der Waals surface area contributed by atoms with Gasteiger partial charge in [0.1, 0.15) is 12.0 Å². The van der Waals surface area contributed by atoms with Crippen molar-refractivity contribution in [3.63, 3.8) is 0 Å². The van der Waals surface area contributed by atoms with Gasteiger partial charge in [-0.15, -0.1) is 0 Å². The summed E-state index contributed by atoms with van der Waals surface area (Å²) in [6.07, 6.45) is 7.87. The first-order valence-electron chi connectivity index (χ1n) is 6.70. The van der Waals surface area contributed by atoms with Gasteiger partial charge in [-0.2, -0.15) is 4.98 Å². The van der Waals surface area contributed by atoms with E-state index in [0.717, 1.165) is 5.82 Å². The Bertz CT molecular complexity index is 391. The van der Waals surface area contributed by atoms with Gasteiger partial charge in [0.05, 0.1) is 6.61 Å². The van der Waals surface area contributed by atoms with Crippen LogP contribution in [0.25, 0.3) is 0 Å². The van der Waals surface area contributed by atoms with Gasteiger partial charge in [-0.25, -0.2) is 4.98 Å². The molecule has 1 aromatic heterocycles. The van der Waals surface area contributed by atoms with Crippen LogP contribution in [0.1, 0.15) is 39.0 Å². The summed E-state index contributed by atoms with van der Waals surface area (Å²) in [6.45, 7) is 2.49. The van der Waals surface area contributed by atoms with E-state index in [2.05, 4.69) is 21.9 Å². The zero-order chi connectivity index (χ0) is 13.0. The minimum absolute atomic E-state index is 0.491. The van der Waals surface area contributed by atoms with Crippen molar-refractivity contribution in [2.75, 3.05) is 24.3 Å². The van der Waals surface area contributed by atoms with Crippen LogP contribution in [0.3, 0.4) is 0 Å². The summed E-state index contributed by atoms with van der Waals surface area (Å²) >= 11 is 0. The number of anilines is 2. The van der Waals surface area contributed by atoms with Crippen molar-refractivity contribution >= 4 is 11.5 Å². The van der Waals surface area contributed by atoms with E-state index in [1.165, 1.54) is 38.4 Å². The molecule has 2 N–H and O–H groups in total. The van der Waals surface area contributed by atoms with Crippen LogP contribution in [0.5, 0.6) is 5.88 Å². The van der Waals surface area contributed by atoms with E-state index in [4.69, 9.17) is 10.5 Å². The third-order valence-electron chi connectivity index (χ3n) is 3.56. The quantitative estimate of drug-likeness (QED) is 0.887. The van der Waals surface area contributed by atoms with Gasteiger partial charge in [0.2, 0.25) is 5.88 Å². The summed E-state index contributed by atoms with van der Waals surface area (Å²) in [7, 11) is 2.06. The number of nitrogen functional groups attached to an aromatic ring is 1. The molecule has 1 aromatic rings. The van der Waals surface area contributed by atoms with Crippen molar-refractivity contribution in [2.45, 2.75) is 45.1 Å². The van der Waals surface area contributed by atoms with Crippen LogP contribution in [-0.2, 0) is 0 Å². The third kappa shape index (κ3) is 2.66. The topological polar surface area (TPSA) is 64.3 Å². The van der Waals surface area contributed by atoms with Gasteiger partial charge in [-0.1, -0.05) is 19.3 Å². The monoisotopic (exact) mass is 250 g/mol. The number of rotatable bonds is 4. The Hall–Kier alpha value is -1.52. The van der Waals surface area contributed by atoms with Gasteiger partial charge >= 0.3 is 0 Å². The molecular weight excluding hydrogens is 228 g/mol. The van der Waals surface area contributed by atoms with Crippen LogP contribution in [0.4, 0.5) is 11.5 Å². The first-order valence-corrected chi connectivity index (χ1v) is 6.70. The molecule has 1 saturated carbocycles. The smallest absolute Gasteiger partial charge is 0.242 e. The second-order valence-corrected chi connectivity index (χ2v) is 4.75. The van der Waals surface area contributed by atoms with Crippen molar-refractivity contribution < 1.29 is 4.74 Å². The van der Waals surface area contributed by atoms with Gasteiger partial charge in [0.15, 0.2) is 5.82 Å². The lowest BCUT2D eigenvalue weighted by Gasteiger charge is -2.32. The van der Waals surface area contributed by atoms with Gasteiger partial charge in [-0.05, 0) is 19.8 Å². The lowest BCUT2D eigenvalue weighted by molar-refractivity contribution is 0.328. The molecule has 0 bridgehead atoms. The number of hydrogen-bond acceptors (Lipinski definition) is 5. The fraction of sp³-hybridized carbons (Fsp3) is 0.692. The molecular formula is C13H22N4O. The van der Waals surface area contributed by atoms with E-state index < -0.39 is 0 Å². The van der Waals surface area contributed by atoms with E-state index in [1.54, 1.807) is 0 Å². The number of nitrogens with zero attached hydrogens (tertiary/aromatic N) is 3. The fourth-order valence-electron chi connectivity index (χ4n) is 2.54. The average Bonchev–Trinajstić information content (AvgIpc) is 2.42. The van der Waals surface area contributed by atoms with Crippen LogP contribution in [0.15, 0.2) is 6.33 Å². The van der Waals surface area contributed by atoms with Crippen LogP contribution < -0.4 is 15.4 Å². The van der Waals surface area contributed by atoms with Crippen LogP contribution in [0.2, 0.25) is 0 Å². The minimum Gasteiger partial charge on any atom is -0.476 e. The highest BCUT2D eigenvalue weighted by molar-refractivity contribution is 5.67. The second-order valence-electron chi connectivity index (χ2n) is 4.75. The number of nitrogens with two attached hydrogens (primary N) is 1. The first-order chi connectivity index (χ1) is 8.74. The lowest BCUT2D eigenvalue weighted by atomic mass is 9.94. The predicted octanol–water partition coefficient (Wildman–Crippen LogP) is 2.23. The minimum atomic E-state index is 0.491. The molecule has 100 valence electrons. The van der Waals surface area contributed by atoms with E-state index in [9.17, 15) is 0 Å². The molecule has 1 heterocycles. The molecule has 0 spiro atoms. The Morgan fingerprint density at radius 2 is 2.06 bits per heavy atom. The Kier molecular flexibility index (Phi) is 4.23. The van der Waals surface area contributed by atoms with Crippen LogP contribution in [0, 0.1) is 0 Å². The lowest BCUT2D eigenvalue weighted by Crippen LogP contribution is -2.34. The summed E-state index contributed by atoms with van der Waals surface area (Å²) in [5.74, 6) is 1.28. The summed E-state index contributed by atoms with van der Waals surface area (Å²) in [6, 6.07) is 0.533. The molecule has 0 saturated heterocycles. The van der Waals surface area contributed by atoms with Gasteiger partial charge < -0.3 is 15.4 Å². The molecule has 5 nitrogen and oxygen atoms in total. The molecule has 1 aliphatic carbocycles. The second kappa shape index (κ2) is 5.89. The van der Waals surface area contributed by atoms with Gasteiger partial charge in [0, 0.05) is 13.1 Å². The predicted molar refractivity (Wildman–Crippen MR) is 72.9 cm³/mol. The maximum Gasteiger partial charge on any atom is 0.242 e. The van der Waals surface area contributed by atoms with E-state index in [0.29, 0.717) is 24.2 Å². The highest BCUT2D eigenvalue weighted by Gasteiger charge is 2.22.